The van der Waals surface area contributed by atoms with Gasteiger partial charge in [-0.1, -0.05) is 38.1 Å². The molecule has 2 N–H and O–H groups in total. The van der Waals surface area contributed by atoms with Crippen molar-refractivity contribution in [2.45, 2.75) is 26.7 Å². The summed E-state index contributed by atoms with van der Waals surface area (Å²) in [6.07, 6.45) is 0. The van der Waals surface area contributed by atoms with Crippen molar-refractivity contribution in [2.75, 3.05) is 17.7 Å². The lowest BCUT2D eigenvalue weighted by molar-refractivity contribution is 0.102. The van der Waals surface area contributed by atoms with Crippen LogP contribution in [0.15, 0.2) is 54.6 Å². The number of hydrogen-bond donors (Lipinski definition) is 2. The number of para-hydroxylation sites is 2. The molecule has 1 amide bonds. The zero-order valence-electron chi connectivity index (χ0n) is 16.5. The number of aromatic nitrogens is 2. The Hall–Kier alpha value is -3.41. The summed E-state index contributed by atoms with van der Waals surface area (Å²) in [5.74, 6) is 1.11. The third kappa shape index (κ3) is 4.65. The topological polar surface area (TPSA) is 76.1 Å². The van der Waals surface area contributed by atoms with Crippen molar-refractivity contribution in [1.29, 1.82) is 0 Å². The summed E-state index contributed by atoms with van der Waals surface area (Å²) in [5, 5.41) is 6.00. The van der Waals surface area contributed by atoms with Crippen LogP contribution < -0.4 is 15.4 Å². The second-order valence-electron chi connectivity index (χ2n) is 6.77. The molecule has 0 spiro atoms. The number of nitrogens with one attached hydrogen (secondary N) is 2. The van der Waals surface area contributed by atoms with Gasteiger partial charge in [0.2, 0.25) is 5.95 Å². The van der Waals surface area contributed by atoms with Crippen LogP contribution in [-0.2, 0) is 0 Å². The largest absolute Gasteiger partial charge is 0.495 e. The van der Waals surface area contributed by atoms with E-state index in [9.17, 15) is 4.79 Å². The monoisotopic (exact) mass is 376 g/mol. The molecule has 0 saturated carbocycles. The van der Waals surface area contributed by atoms with Gasteiger partial charge in [0.1, 0.15) is 11.4 Å². The number of rotatable bonds is 6. The summed E-state index contributed by atoms with van der Waals surface area (Å²) in [5.41, 5.74) is 3.69. The Kier molecular flexibility index (Phi) is 5.89. The van der Waals surface area contributed by atoms with Crippen LogP contribution in [0.3, 0.4) is 0 Å². The van der Waals surface area contributed by atoms with Gasteiger partial charge in [0.25, 0.3) is 5.91 Å². The minimum atomic E-state index is -0.326. The van der Waals surface area contributed by atoms with Gasteiger partial charge in [-0.25, -0.2) is 9.97 Å². The lowest BCUT2D eigenvalue weighted by Gasteiger charge is -2.11. The van der Waals surface area contributed by atoms with Crippen LogP contribution in [0.1, 0.15) is 41.5 Å². The van der Waals surface area contributed by atoms with Crippen LogP contribution in [-0.4, -0.2) is 23.0 Å². The first-order chi connectivity index (χ1) is 13.5. The van der Waals surface area contributed by atoms with Gasteiger partial charge in [-0.2, -0.15) is 0 Å². The zero-order valence-corrected chi connectivity index (χ0v) is 16.5. The molecule has 0 radical (unpaired) electrons. The Morgan fingerprint density at radius 3 is 2.43 bits per heavy atom. The fourth-order valence-electron chi connectivity index (χ4n) is 2.76. The normalized spacial score (nSPS) is 10.6. The van der Waals surface area contributed by atoms with Crippen LogP contribution in [0.25, 0.3) is 0 Å². The van der Waals surface area contributed by atoms with Crippen molar-refractivity contribution < 1.29 is 9.53 Å². The average Bonchev–Trinajstić information content (AvgIpc) is 2.68. The van der Waals surface area contributed by atoms with Gasteiger partial charge < -0.3 is 15.4 Å². The summed E-state index contributed by atoms with van der Waals surface area (Å²) >= 11 is 0. The molecule has 1 aromatic heterocycles. The van der Waals surface area contributed by atoms with Crippen molar-refractivity contribution in [3.8, 4) is 5.75 Å². The molecule has 144 valence electrons. The number of hydrogen-bond acceptors (Lipinski definition) is 5. The Labute approximate surface area is 165 Å². The maximum atomic E-state index is 12.7. The average molecular weight is 376 g/mol. The highest BCUT2D eigenvalue weighted by atomic mass is 16.5. The van der Waals surface area contributed by atoms with E-state index in [1.165, 1.54) is 5.56 Å². The summed E-state index contributed by atoms with van der Waals surface area (Å²) in [7, 11) is 1.56. The summed E-state index contributed by atoms with van der Waals surface area (Å²) in [6, 6.07) is 17.0. The molecular formula is C22H24N4O2. The number of benzene rings is 2. The maximum absolute atomic E-state index is 12.7. The van der Waals surface area contributed by atoms with E-state index in [0.717, 1.165) is 5.69 Å². The number of amides is 1. The molecule has 0 bridgehead atoms. The standard InChI is InChI=1S/C22H24N4O2/c1-14(2)16-9-11-17(12-10-16)24-22-23-15(3)13-19(26-22)21(27)25-18-7-5-6-8-20(18)28-4/h5-14H,1-4H3,(H,25,27)(H,23,24,26). The molecule has 3 aromatic rings. The minimum absolute atomic E-state index is 0.278. The Bertz CT molecular complexity index is 969. The minimum Gasteiger partial charge on any atom is -0.495 e. The second kappa shape index (κ2) is 8.52. The number of nitrogens with zero attached hydrogens (tertiary/aromatic N) is 2. The number of ether oxygens (including phenoxy) is 1. The van der Waals surface area contributed by atoms with Gasteiger partial charge >= 0.3 is 0 Å². The van der Waals surface area contributed by atoms with Crippen LogP contribution in [0.2, 0.25) is 0 Å². The van der Waals surface area contributed by atoms with Crippen molar-refractivity contribution in [3.63, 3.8) is 0 Å². The number of methoxy groups -OCH3 is 1. The molecule has 0 saturated heterocycles. The highest BCUT2D eigenvalue weighted by Crippen LogP contribution is 2.24. The summed E-state index contributed by atoms with van der Waals surface area (Å²) in [4.78, 5) is 21.4. The Balaban J connectivity index is 1.79. The molecule has 0 aliphatic rings. The first kappa shape index (κ1) is 19.4. The highest BCUT2D eigenvalue weighted by Gasteiger charge is 2.13. The van der Waals surface area contributed by atoms with E-state index in [1.54, 1.807) is 25.3 Å². The second-order valence-corrected chi connectivity index (χ2v) is 6.77. The number of carbonyl (C=O) groups is 1. The molecular weight excluding hydrogens is 352 g/mol. The zero-order chi connectivity index (χ0) is 20.1. The van der Waals surface area contributed by atoms with Crippen molar-refractivity contribution in [1.82, 2.24) is 9.97 Å². The molecule has 0 aliphatic heterocycles. The van der Waals surface area contributed by atoms with Gasteiger partial charge in [-0.3, -0.25) is 4.79 Å². The van der Waals surface area contributed by atoms with Crippen LogP contribution in [0.5, 0.6) is 5.75 Å². The van der Waals surface area contributed by atoms with E-state index in [1.807, 2.05) is 31.2 Å². The van der Waals surface area contributed by atoms with Crippen LogP contribution >= 0.6 is 0 Å². The fraction of sp³-hybridized carbons (Fsp3) is 0.227. The predicted octanol–water partition coefficient (Wildman–Crippen LogP) is 4.91. The molecule has 0 unspecified atom stereocenters. The highest BCUT2D eigenvalue weighted by molar-refractivity contribution is 6.03. The first-order valence-corrected chi connectivity index (χ1v) is 9.13. The molecule has 0 fully saturated rings. The van der Waals surface area contributed by atoms with E-state index in [0.29, 0.717) is 29.0 Å². The third-order valence-corrected chi connectivity index (χ3v) is 4.28. The molecule has 6 nitrogen and oxygen atoms in total. The smallest absolute Gasteiger partial charge is 0.274 e. The SMILES string of the molecule is COc1ccccc1NC(=O)c1cc(C)nc(Nc2ccc(C(C)C)cc2)n1. The van der Waals surface area contributed by atoms with Gasteiger partial charge in [0, 0.05) is 11.4 Å². The number of aryl methyl sites for hydroxylation is 1. The molecule has 1 heterocycles. The van der Waals surface area contributed by atoms with E-state index in [4.69, 9.17) is 4.74 Å². The molecule has 0 aliphatic carbocycles. The molecule has 6 heteroatoms. The molecule has 3 rings (SSSR count). The van der Waals surface area contributed by atoms with Gasteiger partial charge in [0.05, 0.1) is 12.8 Å². The van der Waals surface area contributed by atoms with Gasteiger partial charge in [0.15, 0.2) is 0 Å². The van der Waals surface area contributed by atoms with E-state index >= 15 is 0 Å². The first-order valence-electron chi connectivity index (χ1n) is 9.13. The van der Waals surface area contributed by atoms with E-state index in [2.05, 4.69) is 46.6 Å². The maximum Gasteiger partial charge on any atom is 0.274 e. The Morgan fingerprint density at radius 2 is 1.75 bits per heavy atom. The third-order valence-electron chi connectivity index (χ3n) is 4.28. The van der Waals surface area contributed by atoms with Crippen LogP contribution in [0, 0.1) is 6.92 Å². The fourth-order valence-corrected chi connectivity index (χ4v) is 2.76. The summed E-state index contributed by atoms with van der Waals surface area (Å²) < 4.78 is 5.28. The van der Waals surface area contributed by atoms with Gasteiger partial charge in [-0.15, -0.1) is 0 Å². The molecule has 0 atom stereocenters. The van der Waals surface area contributed by atoms with Gasteiger partial charge in [-0.05, 0) is 48.7 Å². The van der Waals surface area contributed by atoms with E-state index < -0.39 is 0 Å². The van der Waals surface area contributed by atoms with Crippen molar-refractivity contribution in [2.24, 2.45) is 0 Å². The summed E-state index contributed by atoms with van der Waals surface area (Å²) in [6.45, 7) is 6.13. The molecule has 2 aromatic carbocycles. The van der Waals surface area contributed by atoms with Crippen LogP contribution in [0.4, 0.5) is 17.3 Å². The lowest BCUT2D eigenvalue weighted by atomic mass is 10.0. The van der Waals surface area contributed by atoms with E-state index in [-0.39, 0.29) is 11.6 Å². The Morgan fingerprint density at radius 1 is 1.04 bits per heavy atom. The number of carbonyl (C=O) groups excluding carboxylic acids is 1. The predicted molar refractivity (Wildman–Crippen MR) is 112 cm³/mol. The number of anilines is 3. The molecule has 28 heavy (non-hydrogen) atoms. The van der Waals surface area contributed by atoms with Crippen molar-refractivity contribution >= 4 is 23.2 Å². The quantitative estimate of drug-likeness (QED) is 0.639. The van der Waals surface area contributed by atoms with Crippen molar-refractivity contribution in [3.05, 3.63) is 71.5 Å². The lowest BCUT2D eigenvalue weighted by Crippen LogP contribution is -2.16.